The van der Waals surface area contributed by atoms with E-state index < -0.39 is 38.7 Å². The summed E-state index contributed by atoms with van der Waals surface area (Å²) in [6.45, 7) is -0.334. The minimum Gasteiger partial charge on any atom is -0.496 e. The van der Waals surface area contributed by atoms with Gasteiger partial charge in [0.1, 0.15) is 17.6 Å². The molecule has 0 aromatic heterocycles. The van der Waals surface area contributed by atoms with Gasteiger partial charge in [0.2, 0.25) is 0 Å². The van der Waals surface area contributed by atoms with Gasteiger partial charge in [0.05, 0.1) is 41.4 Å². The van der Waals surface area contributed by atoms with E-state index in [0.29, 0.717) is 22.9 Å². The number of rotatable bonds is 7. The normalized spacial score (nSPS) is 15.2. The monoisotopic (exact) mass is 546 g/mol. The first kappa shape index (κ1) is 26.8. The molecule has 1 aliphatic heterocycles. The number of ether oxygens (including phenoxy) is 2. The van der Waals surface area contributed by atoms with Crippen LogP contribution in [0.1, 0.15) is 24.0 Å². The Morgan fingerprint density at radius 1 is 1.18 bits per heavy atom. The Kier molecular flexibility index (Phi) is 7.24. The zero-order valence-corrected chi connectivity index (χ0v) is 20.7. The van der Waals surface area contributed by atoms with Gasteiger partial charge < -0.3 is 14.6 Å². The summed E-state index contributed by atoms with van der Waals surface area (Å²) in [7, 11) is -3.13. The summed E-state index contributed by atoms with van der Waals surface area (Å²) in [5.74, 6) is -0.658. The molecule has 0 saturated heterocycles. The van der Waals surface area contributed by atoms with Crippen molar-refractivity contribution >= 4 is 21.7 Å². The lowest BCUT2D eigenvalue weighted by molar-refractivity contribution is -0.138. The van der Waals surface area contributed by atoms with Gasteiger partial charge >= 0.3 is 12.1 Å². The molecule has 12 heteroatoms. The van der Waals surface area contributed by atoms with E-state index >= 15 is 0 Å². The first-order valence-electron chi connectivity index (χ1n) is 11.3. The minimum absolute atomic E-state index is 0.0290. The van der Waals surface area contributed by atoms with Crippen LogP contribution in [0.25, 0.3) is 11.1 Å². The molecule has 4 rings (SSSR count). The van der Waals surface area contributed by atoms with Gasteiger partial charge in [0.25, 0.3) is 10.0 Å². The van der Waals surface area contributed by atoms with Crippen LogP contribution in [0.15, 0.2) is 65.6 Å². The maximum atomic E-state index is 13.7. The number of halogens is 3. The number of carboxylic acid groups (broad SMARTS) is 1. The molecule has 0 spiro atoms. The highest BCUT2D eigenvalue weighted by molar-refractivity contribution is 7.92. The zero-order chi connectivity index (χ0) is 27.7. The summed E-state index contributed by atoms with van der Waals surface area (Å²) in [5, 5.41) is 18.7. The van der Waals surface area contributed by atoms with Crippen molar-refractivity contribution in [1.82, 2.24) is 0 Å². The molecule has 0 amide bonds. The minimum atomic E-state index is -4.76. The molecule has 0 fully saturated rings. The number of carboxylic acids is 1. The Morgan fingerprint density at radius 2 is 1.92 bits per heavy atom. The average molecular weight is 547 g/mol. The standard InChI is InChI=1S/C26H21F3N2O6S/c1-36-23-7-2-4-17(14-30)25(23)16-8-10-22-21(12-16)31(15-19(37-22)9-11-24(32)33)38(34,35)20-6-3-5-18(13-20)26(27,28)29/h2-8,10,12-13,19H,9,11,15H2,1H3,(H,32,33)/t19-/m0/s1. The number of anilines is 1. The number of nitrogens with zero attached hydrogens (tertiary/aromatic N) is 2. The molecule has 1 heterocycles. The van der Waals surface area contributed by atoms with Gasteiger partial charge in [-0.25, -0.2) is 8.42 Å². The molecule has 3 aromatic carbocycles. The third kappa shape index (κ3) is 5.24. The van der Waals surface area contributed by atoms with E-state index in [2.05, 4.69) is 6.07 Å². The molecule has 1 aliphatic rings. The van der Waals surface area contributed by atoms with Gasteiger partial charge in [-0.1, -0.05) is 18.2 Å². The molecule has 198 valence electrons. The number of hydrogen-bond donors (Lipinski definition) is 1. The SMILES string of the molecule is COc1cccc(C#N)c1-c1ccc2c(c1)N(S(=O)(=O)c1cccc(C(F)(F)F)c1)C[C@H](CCC(=O)O)O2. The highest BCUT2D eigenvalue weighted by Gasteiger charge is 2.37. The number of methoxy groups -OCH3 is 1. The molecule has 1 N–H and O–H groups in total. The van der Waals surface area contributed by atoms with E-state index in [1.165, 1.54) is 19.2 Å². The fourth-order valence-corrected chi connectivity index (χ4v) is 5.73. The molecule has 3 aromatic rings. The summed E-state index contributed by atoms with van der Waals surface area (Å²) in [4.78, 5) is 10.5. The van der Waals surface area contributed by atoms with Crippen molar-refractivity contribution in [2.45, 2.75) is 30.0 Å². The van der Waals surface area contributed by atoms with Crippen LogP contribution >= 0.6 is 0 Å². The molecule has 0 saturated carbocycles. The highest BCUT2D eigenvalue weighted by atomic mass is 32.2. The Hall–Kier alpha value is -4.24. The quantitative estimate of drug-likeness (QED) is 0.440. The maximum absolute atomic E-state index is 13.7. The van der Waals surface area contributed by atoms with Crippen LogP contribution in [-0.4, -0.2) is 39.3 Å². The van der Waals surface area contributed by atoms with E-state index in [0.717, 1.165) is 22.5 Å². The first-order chi connectivity index (χ1) is 18.0. The van der Waals surface area contributed by atoms with Gasteiger partial charge in [-0.3, -0.25) is 9.10 Å². The van der Waals surface area contributed by atoms with Gasteiger partial charge in [-0.05, 0) is 54.4 Å². The lowest BCUT2D eigenvalue weighted by atomic mass is 9.98. The lowest BCUT2D eigenvalue weighted by Crippen LogP contribution is -2.43. The van der Waals surface area contributed by atoms with Crippen LogP contribution in [0.3, 0.4) is 0 Å². The fourth-order valence-electron chi connectivity index (χ4n) is 4.18. The highest BCUT2D eigenvalue weighted by Crippen LogP contribution is 2.43. The lowest BCUT2D eigenvalue weighted by Gasteiger charge is -2.36. The second kappa shape index (κ2) is 10.3. The van der Waals surface area contributed by atoms with Crippen LogP contribution in [0.2, 0.25) is 0 Å². The number of nitriles is 1. The molecule has 1 atom stereocenters. The average Bonchev–Trinajstić information content (AvgIpc) is 2.90. The van der Waals surface area contributed by atoms with E-state index in [1.54, 1.807) is 24.3 Å². The smallest absolute Gasteiger partial charge is 0.416 e. The van der Waals surface area contributed by atoms with Crippen LogP contribution < -0.4 is 13.8 Å². The van der Waals surface area contributed by atoms with Crippen molar-refractivity contribution in [3.8, 4) is 28.7 Å². The van der Waals surface area contributed by atoms with Crippen LogP contribution in [-0.2, 0) is 21.0 Å². The topological polar surface area (TPSA) is 117 Å². The van der Waals surface area contributed by atoms with Gasteiger partial charge in [0.15, 0.2) is 0 Å². The largest absolute Gasteiger partial charge is 0.496 e. The van der Waals surface area contributed by atoms with E-state index in [4.69, 9.17) is 14.6 Å². The van der Waals surface area contributed by atoms with Gasteiger partial charge in [0, 0.05) is 12.0 Å². The fraction of sp³-hybridized carbons (Fsp3) is 0.231. The van der Waals surface area contributed by atoms with Gasteiger partial charge in [-0.2, -0.15) is 18.4 Å². The predicted octanol–water partition coefficient (Wildman–Crippen LogP) is 5.07. The molecule has 38 heavy (non-hydrogen) atoms. The third-order valence-corrected chi connectivity index (χ3v) is 7.75. The van der Waals surface area contributed by atoms with Crippen molar-refractivity contribution in [3.05, 3.63) is 71.8 Å². The first-order valence-corrected chi connectivity index (χ1v) is 12.7. The number of sulfonamides is 1. The Balaban J connectivity index is 1.87. The van der Waals surface area contributed by atoms with E-state index in [-0.39, 0.29) is 36.4 Å². The van der Waals surface area contributed by atoms with Crippen molar-refractivity contribution in [2.24, 2.45) is 0 Å². The molecule has 0 aliphatic carbocycles. The Bertz CT molecular complexity index is 1530. The number of carbonyl (C=O) groups is 1. The zero-order valence-electron chi connectivity index (χ0n) is 19.9. The van der Waals surface area contributed by atoms with Crippen molar-refractivity contribution < 1.29 is 41.0 Å². The second-order valence-electron chi connectivity index (χ2n) is 8.41. The van der Waals surface area contributed by atoms with Crippen LogP contribution in [0.4, 0.5) is 18.9 Å². The van der Waals surface area contributed by atoms with Crippen molar-refractivity contribution in [3.63, 3.8) is 0 Å². The molecule has 0 unspecified atom stereocenters. The van der Waals surface area contributed by atoms with Crippen molar-refractivity contribution in [2.75, 3.05) is 18.0 Å². The molecular weight excluding hydrogens is 525 g/mol. The van der Waals surface area contributed by atoms with Gasteiger partial charge in [-0.15, -0.1) is 0 Å². The molecular formula is C26H21F3N2O6S. The van der Waals surface area contributed by atoms with Crippen LogP contribution in [0, 0.1) is 11.3 Å². The Morgan fingerprint density at radius 3 is 2.58 bits per heavy atom. The number of fused-ring (bicyclic) bond motifs is 1. The summed E-state index contributed by atoms with van der Waals surface area (Å²) in [6, 6.07) is 14.8. The van der Waals surface area contributed by atoms with E-state index in [9.17, 15) is 31.6 Å². The second-order valence-corrected chi connectivity index (χ2v) is 10.3. The predicted molar refractivity (Wildman–Crippen MR) is 130 cm³/mol. The maximum Gasteiger partial charge on any atom is 0.416 e. The number of hydrogen-bond acceptors (Lipinski definition) is 6. The summed E-state index contributed by atoms with van der Waals surface area (Å²) >= 11 is 0. The Labute approximate surface area is 216 Å². The summed E-state index contributed by atoms with van der Waals surface area (Å²) in [6.07, 6.45) is -5.97. The van der Waals surface area contributed by atoms with E-state index in [1.807, 2.05) is 0 Å². The molecule has 0 bridgehead atoms. The third-order valence-electron chi connectivity index (χ3n) is 5.98. The van der Waals surface area contributed by atoms with Crippen LogP contribution in [0.5, 0.6) is 11.5 Å². The van der Waals surface area contributed by atoms with Crippen molar-refractivity contribution in [1.29, 1.82) is 5.26 Å². The molecule has 8 nitrogen and oxygen atoms in total. The number of aliphatic carboxylic acids is 1. The number of benzene rings is 3. The summed E-state index contributed by atoms with van der Waals surface area (Å²) < 4.78 is 79.6. The number of alkyl halides is 3. The molecule has 0 radical (unpaired) electrons. The summed E-state index contributed by atoms with van der Waals surface area (Å²) in [5.41, 5.74) is -0.0378.